The average Bonchev–Trinajstić information content (AvgIpc) is 3.12. The molecule has 2 aliphatic rings. The molecule has 1 aromatic rings. The summed E-state index contributed by atoms with van der Waals surface area (Å²) in [6.07, 6.45) is 2.10. The minimum atomic E-state index is 0.189. The highest BCUT2D eigenvalue weighted by atomic mass is 32.1. The largest absolute Gasteiger partial charge is 0.379 e. The monoisotopic (exact) mass is 343 g/mol. The van der Waals surface area contributed by atoms with Gasteiger partial charge in [0.15, 0.2) is 0 Å². The molecule has 132 valence electrons. The highest BCUT2D eigenvalue weighted by molar-refractivity contribution is 7.09. The van der Waals surface area contributed by atoms with E-state index in [9.17, 15) is 0 Å². The molecule has 0 spiro atoms. The zero-order valence-corrected chi connectivity index (χ0v) is 14.7. The zero-order chi connectivity index (χ0) is 16.5. The summed E-state index contributed by atoms with van der Waals surface area (Å²) in [7, 11) is 0. The van der Waals surface area contributed by atoms with Crippen molar-refractivity contribution in [2.75, 3.05) is 59.2 Å². The quantitative estimate of drug-likeness (QED) is 0.801. The molecule has 3 rings (SSSR count). The molecule has 23 heavy (non-hydrogen) atoms. The van der Waals surface area contributed by atoms with Crippen LogP contribution in [-0.2, 0) is 9.47 Å². The standard InChI is InChI=1S/C9H15N3OS.C6H14N2O/c10-5-8(9-6-11-7-14-9)12-1-3-13-4-2-12;1-6(7)8-2-4-9-5-3-8/h6-8H,1-5,10H2;6H,2-5,7H2,1H3. The highest BCUT2D eigenvalue weighted by Crippen LogP contribution is 2.23. The third-order valence-electron chi connectivity index (χ3n) is 4.11. The van der Waals surface area contributed by atoms with Gasteiger partial charge in [0.1, 0.15) is 0 Å². The maximum atomic E-state index is 5.79. The summed E-state index contributed by atoms with van der Waals surface area (Å²) < 4.78 is 10.5. The Morgan fingerprint density at radius 2 is 1.70 bits per heavy atom. The lowest BCUT2D eigenvalue weighted by Crippen LogP contribution is -2.46. The molecule has 2 fully saturated rings. The molecule has 7 nitrogen and oxygen atoms in total. The number of hydrogen-bond acceptors (Lipinski definition) is 8. The maximum Gasteiger partial charge on any atom is 0.0794 e. The zero-order valence-electron chi connectivity index (χ0n) is 13.9. The number of nitrogens with zero attached hydrogens (tertiary/aromatic N) is 3. The van der Waals surface area contributed by atoms with E-state index < -0.39 is 0 Å². The van der Waals surface area contributed by atoms with E-state index in [0.717, 1.165) is 52.6 Å². The van der Waals surface area contributed by atoms with Crippen LogP contribution >= 0.6 is 11.3 Å². The summed E-state index contributed by atoms with van der Waals surface area (Å²) in [5.74, 6) is 0. The van der Waals surface area contributed by atoms with Crippen molar-refractivity contribution in [1.29, 1.82) is 0 Å². The molecule has 1 aromatic heterocycles. The SMILES string of the molecule is CC(N)N1CCOCC1.NCC(c1cncs1)N1CCOCC1. The number of nitrogens with two attached hydrogens (primary N) is 2. The van der Waals surface area contributed by atoms with E-state index >= 15 is 0 Å². The first-order valence-corrected chi connectivity index (χ1v) is 9.08. The first-order valence-electron chi connectivity index (χ1n) is 8.20. The van der Waals surface area contributed by atoms with Crippen LogP contribution in [0.3, 0.4) is 0 Å². The Bertz CT molecular complexity index is 406. The van der Waals surface area contributed by atoms with Gasteiger partial charge in [-0.15, -0.1) is 11.3 Å². The van der Waals surface area contributed by atoms with E-state index in [-0.39, 0.29) is 6.17 Å². The van der Waals surface area contributed by atoms with Crippen molar-refractivity contribution in [3.8, 4) is 0 Å². The molecular weight excluding hydrogens is 314 g/mol. The highest BCUT2D eigenvalue weighted by Gasteiger charge is 2.22. The number of ether oxygens (including phenoxy) is 2. The van der Waals surface area contributed by atoms with Crippen molar-refractivity contribution < 1.29 is 9.47 Å². The van der Waals surface area contributed by atoms with Gasteiger partial charge in [0.2, 0.25) is 0 Å². The molecule has 0 amide bonds. The summed E-state index contributed by atoms with van der Waals surface area (Å²) in [6.45, 7) is 9.87. The molecule has 2 atom stereocenters. The molecule has 3 heterocycles. The second-order valence-corrected chi connectivity index (χ2v) is 6.61. The molecule has 2 aliphatic heterocycles. The van der Waals surface area contributed by atoms with Gasteiger partial charge in [-0.1, -0.05) is 0 Å². The maximum absolute atomic E-state index is 5.79. The number of aromatic nitrogens is 1. The van der Waals surface area contributed by atoms with Crippen LogP contribution in [0.25, 0.3) is 0 Å². The first-order chi connectivity index (χ1) is 11.2. The molecule has 2 unspecified atom stereocenters. The van der Waals surface area contributed by atoms with E-state index in [1.165, 1.54) is 4.88 Å². The number of hydrogen-bond donors (Lipinski definition) is 2. The fourth-order valence-electron chi connectivity index (χ4n) is 2.71. The van der Waals surface area contributed by atoms with Crippen LogP contribution < -0.4 is 11.5 Å². The van der Waals surface area contributed by atoms with Crippen LogP contribution in [0.2, 0.25) is 0 Å². The van der Waals surface area contributed by atoms with Crippen LogP contribution in [0.1, 0.15) is 17.8 Å². The number of rotatable bonds is 4. The van der Waals surface area contributed by atoms with Gasteiger partial charge in [0.25, 0.3) is 0 Å². The normalized spacial score (nSPS) is 22.9. The Hall–Kier alpha value is -0.610. The lowest BCUT2D eigenvalue weighted by atomic mass is 10.2. The van der Waals surface area contributed by atoms with Crippen LogP contribution in [0.15, 0.2) is 11.7 Å². The van der Waals surface area contributed by atoms with Crippen molar-refractivity contribution >= 4 is 11.3 Å². The Labute approximate surface area is 142 Å². The van der Waals surface area contributed by atoms with Crippen molar-refractivity contribution in [2.45, 2.75) is 19.1 Å². The van der Waals surface area contributed by atoms with Gasteiger partial charge >= 0.3 is 0 Å². The van der Waals surface area contributed by atoms with E-state index in [2.05, 4.69) is 14.8 Å². The minimum Gasteiger partial charge on any atom is -0.379 e. The van der Waals surface area contributed by atoms with Gasteiger partial charge in [0.05, 0.1) is 44.1 Å². The minimum absolute atomic E-state index is 0.189. The second-order valence-electron chi connectivity index (χ2n) is 5.69. The van der Waals surface area contributed by atoms with Crippen molar-refractivity contribution in [3.63, 3.8) is 0 Å². The Balaban J connectivity index is 0.000000185. The third-order valence-corrected chi connectivity index (χ3v) is 4.99. The van der Waals surface area contributed by atoms with Crippen LogP contribution in [0.5, 0.6) is 0 Å². The lowest BCUT2D eigenvalue weighted by molar-refractivity contribution is 0.0185. The molecule has 4 N–H and O–H groups in total. The molecule has 2 saturated heterocycles. The average molecular weight is 343 g/mol. The molecular formula is C15H29N5O2S. The van der Waals surface area contributed by atoms with Gasteiger partial charge in [-0.05, 0) is 6.92 Å². The second kappa shape index (κ2) is 10.3. The summed E-state index contributed by atoms with van der Waals surface area (Å²) in [6, 6.07) is 0.325. The van der Waals surface area contributed by atoms with Gasteiger partial charge in [-0.2, -0.15) is 0 Å². The lowest BCUT2D eigenvalue weighted by Gasteiger charge is -2.32. The molecule has 0 saturated carbocycles. The summed E-state index contributed by atoms with van der Waals surface area (Å²) in [5, 5.41) is 0. The Kier molecular flexibility index (Phi) is 8.38. The molecule has 0 aliphatic carbocycles. The van der Waals surface area contributed by atoms with E-state index in [0.29, 0.717) is 12.6 Å². The van der Waals surface area contributed by atoms with E-state index in [1.54, 1.807) is 11.3 Å². The van der Waals surface area contributed by atoms with Crippen LogP contribution in [-0.4, -0.2) is 80.1 Å². The van der Waals surface area contributed by atoms with Crippen LogP contribution in [0, 0.1) is 0 Å². The number of thiazole rings is 1. The topological polar surface area (TPSA) is 89.9 Å². The molecule has 0 aromatic carbocycles. The fraction of sp³-hybridized carbons (Fsp3) is 0.800. The van der Waals surface area contributed by atoms with Crippen molar-refractivity contribution in [1.82, 2.24) is 14.8 Å². The summed E-state index contributed by atoms with van der Waals surface area (Å²) in [4.78, 5) is 9.93. The van der Waals surface area contributed by atoms with E-state index in [1.807, 2.05) is 18.6 Å². The molecule has 0 radical (unpaired) electrons. The van der Waals surface area contributed by atoms with Gasteiger partial charge < -0.3 is 20.9 Å². The molecule has 8 heteroatoms. The smallest absolute Gasteiger partial charge is 0.0794 e. The summed E-state index contributed by atoms with van der Waals surface area (Å²) >= 11 is 1.68. The van der Waals surface area contributed by atoms with E-state index in [4.69, 9.17) is 20.9 Å². The number of morpholine rings is 2. The van der Waals surface area contributed by atoms with Gasteiger partial charge in [-0.25, -0.2) is 0 Å². The predicted molar refractivity (Wildman–Crippen MR) is 92.3 cm³/mol. The Morgan fingerprint density at radius 1 is 1.13 bits per heavy atom. The van der Waals surface area contributed by atoms with Crippen molar-refractivity contribution in [3.05, 3.63) is 16.6 Å². The van der Waals surface area contributed by atoms with Crippen molar-refractivity contribution in [2.24, 2.45) is 11.5 Å². The van der Waals surface area contributed by atoms with Gasteiger partial charge in [-0.3, -0.25) is 14.8 Å². The van der Waals surface area contributed by atoms with Gasteiger partial charge in [0, 0.05) is 43.8 Å². The van der Waals surface area contributed by atoms with Crippen LogP contribution in [0.4, 0.5) is 0 Å². The molecule has 0 bridgehead atoms. The predicted octanol–water partition coefficient (Wildman–Crippen LogP) is 0.0984. The summed E-state index contributed by atoms with van der Waals surface area (Å²) in [5.41, 5.74) is 13.3. The third kappa shape index (κ3) is 6.07. The fourth-order valence-corrected chi connectivity index (χ4v) is 3.48. The Morgan fingerprint density at radius 3 is 2.09 bits per heavy atom. The first kappa shape index (κ1) is 18.7.